The fourth-order valence-electron chi connectivity index (χ4n) is 1.09. The van der Waals surface area contributed by atoms with Gasteiger partial charge in [-0.3, -0.25) is 4.79 Å². The molecule has 1 aromatic carbocycles. The number of aliphatic hydroxyl groups is 1. The number of rotatable bonds is 4. The topological polar surface area (TPSA) is 49.3 Å². The van der Waals surface area contributed by atoms with Crippen LogP contribution in [-0.2, 0) is 4.79 Å². The highest BCUT2D eigenvalue weighted by molar-refractivity contribution is 9.09. The molecule has 0 fully saturated rings. The van der Waals surface area contributed by atoms with E-state index in [9.17, 15) is 14.3 Å². The first-order valence-electron chi connectivity index (χ1n) is 4.39. The minimum absolute atomic E-state index is 0.0773. The average molecular weight is 276 g/mol. The van der Waals surface area contributed by atoms with Crippen LogP contribution in [0, 0.1) is 5.82 Å². The monoisotopic (exact) mass is 275 g/mol. The van der Waals surface area contributed by atoms with Crippen LogP contribution in [0.3, 0.4) is 0 Å². The maximum atomic E-state index is 12.8. The van der Waals surface area contributed by atoms with Crippen molar-refractivity contribution in [2.45, 2.75) is 6.10 Å². The van der Waals surface area contributed by atoms with E-state index in [1.54, 1.807) is 6.07 Å². The molecule has 2 N–H and O–H groups in total. The summed E-state index contributed by atoms with van der Waals surface area (Å²) in [5.74, 6) is -0.621. The van der Waals surface area contributed by atoms with Gasteiger partial charge in [0, 0.05) is 6.54 Å². The van der Waals surface area contributed by atoms with Crippen molar-refractivity contribution in [3.8, 4) is 0 Å². The minimum Gasteiger partial charge on any atom is -0.387 e. The Hall–Kier alpha value is -0.940. The second-order valence-corrected chi connectivity index (χ2v) is 3.57. The van der Waals surface area contributed by atoms with Gasteiger partial charge in [0.25, 0.3) is 0 Å². The van der Waals surface area contributed by atoms with Crippen molar-refractivity contribution in [1.82, 2.24) is 5.32 Å². The predicted molar refractivity (Wildman–Crippen MR) is 58.2 cm³/mol. The van der Waals surface area contributed by atoms with E-state index < -0.39 is 11.9 Å². The largest absolute Gasteiger partial charge is 0.387 e. The van der Waals surface area contributed by atoms with Gasteiger partial charge >= 0.3 is 0 Å². The summed E-state index contributed by atoms with van der Waals surface area (Å²) in [5, 5.41) is 12.3. The summed E-state index contributed by atoms with van der Waals surface area (Å²) in [4.78, 5) is 10.9. The number of amides is 1. The van der Waals surface area contributed by atoms with Crippen LogP contribution >= 0.6 is 15.9 Å². The molecule has 0 saturated heterocycles. The Morgan fingerprint density at radius 3 is 2.93 bits per heavy atom. The van der Waals surface area contributed by atoms with E-state index in [-0.39, 0.29) is 17.8 Å². The Bertz CT molecular complexity index is 346. The molecular formula is C10H11BrFNO2. The van der Waals surface area contributed by atoms with Gasteiger partial charge in [-0.25, -0.2) is 4.39 Å². The third-order valence-electron chi connectivity index (χ3n) is 1.85. The van der Waals surface area contributed by atoms with E-state index >= 15 is 0 Å². The quantitative estimate of drug-likeness (QED) is 0.816. The molecule has 0 saturated carbocycles. The Morgan fingerprint density at radius 2 is 2.33 bits per heavy atom. The van der Waals surface area contributed by atoms with Crippen LogP contribution in [0.5, 0.6) is 0 Å². The normalized spacial score (nSPS) is 12.2. The van der Waals surface area contributed by atoms with Crippen LogP contribution in [0.1, 0.15) is 11.7 Å². The molecule has 1 aromatic rings. The average Bonchev–Trinajstić information content (AvgIpc) is 2.25. The van der Waals surface area contributed by atoms with E-state index in [4.69, 9.17) is 0 Å². The summed E-state index contributed by atoms with van der Waals surface area (Å²) in [6.07, 6.45) is -0.885. The van der Waals surface area contributed by atoms with Crippen molar-refractivity contribution in [2.75, 3.05) is 11.9 Å². The SMILES string of the molecule is O=C(CBr)NCC(O)c1cccc(F)c1. The highest BCUT2D eigenvalue weighted by atomic mass is 79.9. The molecule has 0 spiro atoms. The van der Waals surface area contributed by atoms with Gasteiger partial charge < -0.3 is 10.4 Å². The lowest BCUT2D eigenvalue weighted by Crippen LogP contribution is -2.29. The zero-order chi connectivity index (χ0) is 11.3. The lowest BCUT2D eigenvalue weighted by Gasteiger charge is -2.11. The van der Waals surface area contributed by atoms with Crippen LogP contribution in [0.25, 0.3) is 0 Å². The molecule has 15 heavy (non-hydrogen) atoms. The minimum atomic E-state index is -0.885. The first-order chi connectivity index (χ1) is 7.13. The number of hydrogen-bond acceptors (Lipinski definition) is 2. The Labute approximate surface area is 95.4 Å². The maximum absolute atomic E-state index is 12.8. The highest BCUT2D eigenvalue weighted by Crippen LogP contribution is 2.12. The van der Waals surface area contributed by atoms with Gasteiger partial charge in [-0.1, -0.05) is 28.1 Å². The van der Waals surface area contributed by atoms with Crippen LogP contribution in [0.4, 0.5) is 4.39 Å². The number of benzene rings is 1. The second-order valence-electron chi connectivity index (χ2n) is 3.01. The zero-order valence-electron chi connectivity index (χ0n) is 7.91. The van der Waals surface area contributed by atoms with Crippen molar-refractivity contribution in [2.24, 2.45) is 0 Å². The van der Waals surface area contributed by atoms with Crippen molar-refractivity contribution >= 4 is 21.8 Å². The maximum Gasteiger partial charge on any atom is 0.230 e. The molecule has 82 valence electrons. The summed E-state index contributed by atoms with van der Waals surface area (Å²) in [6.45, 7) is 0.0773. The van der Waals surface area contributed by atoms with E-state index in [1.807, 2.05) is 0 Å². The van der Waals surface area contributed by atoms with Crippen LogP contribution in [0.15, 0.2) is 24.3 Å². The first kappa shape index (κ1) is 12.1. The molecule has 0 heterocycles. The molecule has 1 amide bonds. The second kappa shape index (κ2) is 5.82. The number of aliphatic hydroxyl groups excluding tert-OH is 1. The van der Waals surface area contributed by atoms with E-state index in [2.05, 4.69) is 21.2 Å². The predicted octanol–water partition coefficient (Wildman–Crippen LogP) is 1.37. The fourth-order valence-corrected chi connectivity index (χ4v) is 1.29. The summed E-state index contributed by atoms with van der Waals surface area (Å²) < 4.78 is 12.8. The van der Waals surface area contributed by atoms with Crippen molar-refractivity contribution in [3.05, 3.63) is 35.6 Å². The van der Waals surface area contributed by atoms with E-state index in [1.165, 1.54) is 18.2 Å². The fraction of sp³-hybridized carbons (Fsp3) is 0.300. The van der Waals surface area contributed by atoms with Crippen LogP contribution < -0.4 is 5.32 Å². The molecule has 0 aromatic heterocycles. The van der Waals surface area contributed by atoms with Crippen LogP contribution in [-0.4, -0.2) is 22.9 Å². The Kier molecular flexibility index (Phi) is 4.71. The molecule has 0 bridgehead atoms. The van der Waals surface area contributed by atoms with Crippen molar-refractivity contribution < 1.29 is 14.3 Å². The number of halogens is 2. The lowest BCUT2D eigenvalue weighted by atomic mass is 10.1. The summed E-state index contributed by atoms with van der Waals surface area (Å²) in [6, 6.07) is 5.66. The number of carbonyl (C=O) groups is 1. The standard InChI is InChI=1S/C10H11BrFNO2/c11-5-10(15)13-6-9(14)7-2-1-3-8(12)4-7/h1-4,9,14H,5-6H2,(H,13,15). The van der Waals surface area contributed by atoms with Gasteiger partial charge in [-0.05, 0) is 17.7 Å². The third-order valence-corrected chi connectivity index (χ3v) is 2.36. The highest BCUT2D eigenvalue weighted by Gasteiger charge is 2.09. The molecule has 0 aliphatic carbocycles. The Morgan fingerprint density at radius 1 is 1.60 bits per heavy atom. The Balaban J connectivity index is 2.53. The van der Waals surface area contributed by atoms with Crippen LogP contribution in [0.2, 0.25) is 0 Å². The lowest BCUT2D eigenvalue weighted by molar-refractivity contribution is -0.118. The summed E-state index contributed by atoms with van der Waals surface area (Å²) in [7, 11) is 0. The molecule has 0 radical (unpaired) electrons. The van der Waals surface area contributed by atoms with E-state index in [0.717, 1.165) is 0 Å². The number of hydrogen-bond donors (Lipinski definition) is 2. The van der Waals surface area contributed by atoms with Crippen molar-refractivity contribution in [3.63, 3.8) is 0 Å². The smallest absolute Gasteiger partial charge is 0.230 e. The molecule has 1 unspecified atom stereocenters. The molecule has 5 heteroatoms. The summed E-state index contributed by atoms with van der Waals surface area (Å²) >= 11 is 2.98. The third kappa shape index (κ3) is 3.97. The van der Waals surface area contributed by atoms with Gasteiger partial charge in [0.15, 0.2) is 0 Å². The number of carbonyl (C=O) groups excluding carboxylic acids is 1. The zero-order valence-corrected chi connectivity index (χ0v) is 9.50. The number of alkyl halides is 1. The van der Waals surface area contributed by atoms with Crippen molar-refractivity contribution in [1.29, 1.82) is 0 Å². The molecule has 3 nitrogen and oxygen atoms in total. The van der Waals surface area contributed by atoms with E-state index in [0.29, 0.717) is 5.56 Å². The molecule has 1 atom stereocenters. The van der Waals surface area contributed by atoms with Gasteiger partial charge in [0.2, 0.25) is 5.91 Å². The van der Waals surface area contributed by atoms with Gasteiger partial charge in [0.1, 0.15) is 5.82 Å². The number of nitrogens with one attached hydrogen (secondary N) is 1. The summed E-state index contributed by atoms with van der Waals surface area (Å²) in [5.41, 5.74) is 0.449. The first-order valence-corrected chi connectivity index (χ1v) is 5.52. The molecule has 0 aliphatic rings. The van der Waals surface area contributed by atoms with Gasteiger partial charge in [-0.15, -0.1) is 0 Å². The molecule has 1 rings (SSSR count). The van der Waals surface area contributed by atoms with Gasteiger partial charge in [0.05, 0.1) is 11.4 Å². The van der Waals surface area contributed by atoms with Gasteiger partial charge in [-0.2, -0.15) is 0 Å². The molecule has 0 aliphatic heterocycles. The molecular weight excluding hydrogens is 265 g/mol.